The van der Waals surface area contributed by atoms with E-state index < -0.39 is 6.04 Å². The van der Waals surface area contributed by atoms with Gasteiger partial charge in [-0.05, 0) is 19.3 Å². The minimum Gasteiger partial charge on any atom is -0.461 e. The van der Waals surface area contributed by atoms with E-state index in [9.17, 15) is 4.79 Å². The molecule has 0 aromatic carbocycles. The summed E-state index contributed by atoms with van der Waals surface area (Å²) in [6, 6.07) is -0.513. The molecule has 0 aromatic heterocycles. The first-order chi connectivity index (χ1) is 6.02. The van der Waals surface area contributed by atoms with E-state index in [1.807, 2.05) is 20.8 Å². The number of rotatable bonds is 5. The summed E-state index contributed by atoms with van der Waals surface area (Å²) in [5.74, 6) is -0.173. The molecule has 2 N–H and O–H groups in total. The van der Waals surface area contributed by atoms with E-state index in [1.165, 1.54) is 0 Å². The van der Waals surface area contributed by atoms with E-state index in [1.54, 1.807) is 0 Å². The van der Waals surface area contributed by atoms with Crippen molar-refractivity contribution in [3.05, 3.63) is 6.92 Å². The van der Waals surface area contributed by atoms with Gasteiger partial charge in [-0.2, -0.15) is 0 Å². The number of ether oxygens (including phenoxy) is 1. The highest BCUT2D eigenvalue weighted by atomic mass is 16.5. The molecule has 13 heavy (non-hydrogen) atoms. The molecule has 77 valence electrons. The van der Waals surface area contributed by atoms with E-state index in [4.69, 9.17) is 10.5 Å². The molecule has 0 aromatic rings. The Labute approximate surface area is 80.6 Å². The van der Waals surface area contributed by atoms with Crippen LogP contribution >= 0.6 is 0 Å². The summed E-state index contributed by atoms with van der Waals surface area (Å²) in [4.78, 5) is 11.3. The molecule has 1 radical (unpaired) electrons. The van der Waals surface area contributed by atoms with Crippen LogP contribution in [0.15, 0.2) is 0 Å². The topological polar surface area (TPSA) is 52.3 Å². The average molecular weight is 186 g/mol. The molecule has 0 aliphatic carbocycles. The van der Waals surface area contributed by atoms with Crippen LogP contribution in [0, 0.1) is 12.8 Å². The van der Waals surface area contributed by atoms with Crippen molar-refractivity contribution in [2.45, 2.75) is 45.8 Å². The van der Waals surface area contributed by atoms with Crippen LogP contribution in [-0.2, 0) is 9.53 Å². The van der Waals surface area contributed by atoms with Crippen LogP contribution in [0.2, 0.25) is 0 Å². The van der Waals surface area contributed by atoms with Gasteiger partial charge in [-0.15, -0.1) is 0 Å². The smallest absolute Gasteiger partial charge is 0.323 e. The van der Waals surface area contributed by atoms with Crippen LogP contribution in [0.3, 0.4) is 0 Å². The number of nitrogens with two attached hydrogens (primary N) is 1. The molecular formula is C10H20NO2. The van der Waals surface area contributed by atoms with Crippen molar-refractivity contribution in [3.63, 3.8) is 0 Å². The normalized spacial score (nSPS) is 17.6. The lowest BCUT2D eigenvalue weighted by molar-refractivity contribution is -0.150. The highest BCUT2D eigenvalue weighted by Gasteiger charge is 2.21. The fourth-order valence-corrected chi connectivity index (χ4v) is 0.812. The minimum absolute atomic E-state index is 0.163. The zero-order valence-electron chi connectivity index (χ0n) is 8.75. The maximum Gasteiger partial charge on any atom is 0.323 e. The molecule has 0 aliphatic rings. The standard InChI is InChI=1S/C10H20NO2/c1-5-7(3)9(11)10(12)13-8(4)6-2/h7-9H,4-6,11H2,1-3H3/t7?,8?,9-/m0/s1. The Balaban J connectivity index is 3.96. The number of esters is 1. The van der Waals surface area contributed by atoms with Gasteiger partial charge >= 0.3 is 5.97 Å². The first kappa shape index (κ1) is 12.4. The van der Waals surface area contributed by atoms with Gasteiger partial charge in [-0.1, -0.05) is 27.2 Å². The highest BCUT2D eigenvalue weighted by molar-refractivity contribution is 5.76. The summed E-state index contributed by atoms with van der Waals surface area (Å²) in [5.41, 5.74) is 5.67. The fourth-order valence-electron chi connectivity index (χ4n) is 0.812. The van der Waals surface area contributed by atoms with Gasteiger partial charge in [0.1, 0.15) is 12.1 Å². The molecule has 0 amide bonds. The van der Waals surface area contributed by atoms with E-state index in [0.29, 0.717) is 0 Å². The lowest BCUT2D eigenvalue weighted by Gasteiger charge is -2.19. The van der Waals surface area contributed by atoms with Gasteiger partial charge in [0.25, 0.3) is 0 Å². The Kier molecular flexibility index (Phi) is 5.71. The average Bonchev–Trinajstić information content (AvgIpc) is 2.14. The van der Waals surface area contributed by atoms with Crippen molar-refractivity contribution in [2.75, 3.05) is 0 Å². The summed E-state index contributed by atoms with van der Waals surface area (Å²) in [7, 11) is 0. The van der Waals surface area contributed by atoms with Gasteiger partial charge in [-0.25, -0.2) is 0 Å². The predicted molar refractivity (Wildman–Crippen MR) is 53.0 cm³/mol. The zero-order valence-corrected chi connectivity index (χ0v) is 8.75. The molecule has 3 nitrogen and oxygen atoms in total. The van der Waals surface area contributed by atoms with Crippen molar-refractivity contribution in [1.82, 2.24) is 0 Å². The second-order valence-corrected chi connectivity index (χ2v) is 3.38. The number of carbonyl (C=O) groups excluding carboxylic acids is 1. The van der Waals surface area contributed by atoms with Crippen molar-refractivity contribution < 1.29 is 9.53 Å². The molecule has 0 bridgehead atoms. The molecule has 2 unspecified atom stereocenters. The molecule has 3 atom stereocenters. The molecule has 0 aliphatic heterocycles. The Morgan fingerprint density at radius 3 is 2.38 bits per heavy atom. The molecule has 0 spiro atoms. The van der Waals surface area contributed by atoms with E-state index in [2.05, 4.69) is 6.92 Å². The van der Waals surface area contributed by atoms with E-state index in [-0.39, 0.29) is 18.0 Å². The van der Waals surface area contributed by atoms with Gasteiger partial charge in [0, 0.05) is 0 Å². The third kappa shape index (κ3) is 4.27. The molecule has 0 fully saturated rings. The van der Waals surface area contributed by atoms with Crippen LogP contribution in [0.4, 0.5) is 0 Å². The maximum atomic E-state index is 11.3. The summed E-state index contributed by atoms with van der Waals surface area (Å²) in [6.45, 7) is 9.52. The number of carbonyl (C=O) groups is 1. The second-order valence-electron chi connectivity index (χ2n) is 3.38. The Morgan fingerprint density at radius 2 is 2.00 bits per heavy atom. The molecule has 0 saturated heterocycles. The van der Waals surface area contributed by atoms with Crippen LogP contribution in [0.1, 0.15) is 33.6 Å². The largest absolute Gasteiger partial charge is 0.461 e. The monoisotopic (exact) mass is 186 g/mol. The second kappa shape index (κ2) is 5.97. The lowest BCUT2D eigenvalue weighted by Crippen LogP contribution is -2.39. The van der Waals surface area contributed by atoms with Gasteiger partial charge in [0.15, 0.2) is 0 Å². The van der Waals surface area contributed by atoms with Crippen LogP contribution < -0.4 is 5.73 Å². The minimum atomic E-state index is -0.513. The first-order valence-corrected chi connectivity index (χ1v) is 4.82. The molecule has 3 heteroatoms. The third-order valence-electron chi connectivity index (χ3n) is 2.27. The van der Waals surface area contributed by atoms with E-state index in [0.717, 1.165) is 12.8 Å². The number of hydrogen-bond donors (Lipinski definition) is 1. The van der Waals surface area contributed by atoms with Crippen LogP contribution in [0.25, 0.3) is 0 Å². The van der Waals surface area contributed by atoms with E-state index >= 15 is 0 Å². The first-order valence-electron chi connectivity index (χ1n) is 4.82. The Morgan fingerprint density at radius 1 is 1.46 bits per heavy atom. The van der Waals surface area contributed by atoms with Gasteiger partial charge in [0.05, 0.1) is 0 Å². The summed E-state index contributed by atoms with van der Waals surface area (Å²) in [5, 5.41) is 0. The van der Waals surface area contributed by atoms with Gasteiger partial charge in [0.2, 0.25) is 0 Å². The summed E-state index contributed by atoms with van der Waals surface area (Å²) in [6.07, 6.45) is 1.32. The van der Waals surface area contributed by atoms with Crippen molar-refractivity contribution in [2.24, 2.45) is 11.7 Å². The Bertz CT molecular complexity index is 159. The summed E-state index contributed by atoms with van der Waals surface area (Å²) < 4.78 is 5.01. The third-order valence-corrected chi connectivity index (χ3v) is 2.27. The van der Waals surface area contributed by atoms with Crippen LogP contribution in [0.5, 0.6) is 0 Å². The predicted octanol–water partition coefficient (Wildman–Crippen LogP) is 1.52. The molecular weight excluding hydrogens is 166 g/mol. The SMILES string of the molecule is [CH2]C(CC)OC(=O)[C@@H](N)C(C)CC. The molecule has 0 heterocycles. The lowest BCUT2D eigenvalue weighted by atomic mass is 10.0. The van der Waals surface area contributed by atoms with Crippen molar-refractivity contribution in [3.8, 4) is 0 Å². The van der Waals surface area contributed by atoms with Crippen molar-refractivity contribution in [1.29, 1.82) is 0 Å². The van der Waals surface area contributed by atoms with Gasteiger partial charge < -0.3 is 10.5 Å². The highest BCUT2D eigenvalue weighted by Crippen LogP contribution is 2.08. The Hall–Kier alpha value is -0.570. The maximum absolute atomic E-state index is 11.3. The fraction of sp³-hybridized carbons (Fsp3) is 0.800. The van der Waals surface area contributed by atoms with Crippen molar-refractivity contribution >= 4 is 5.97 Å². The molecule has 0 rings (SSSR count). The number of hydrogen-bond acceptors (Lipinski definition) is 3. The molecule has 0 saturated carbocycles. The summed E-state index contributed by atoms with van der Waals surface area (Å²) >= 11 is 0. The van der Waals surface area contributed by atoms with Crippen LogP contribution in [-0.4, -0.2) is 18.1 Å². The zero-order chi connectivity index (χ0) is 10.4. The van der Waals surface area contributed by atoms with Gasteiger partial charge in [-0.3, -0.25) is 4.79 Å². The quantitative estimate of drug-likeness (QED) is 0.662.